The number of likely N-dealkylation sites (tertiary alicyclic amines) is 1. The Morgan fingerprint density at radius 2 is 1.83 bits per heavy atom. The van der Waals surface area contributed by atoms with Crippen LogP contribution in [0.4, 0.5) is 19.4 Å². The second-order valence-corrected chi connectivity index (χ2v) is 13.5. The second-order valence-electron chi connectivity index (χ2n) is 13.2. The standard InChI is InChI=1S/C34H39ClF2N6O3/c1-20(2)43-13-7-9-22(43)19-45-32-39-30-24(31(40-32)41-14-16-42(17-15-41)33(44)46-34(3,4)5)18-38-29(28(30)37)23-10-6-8-21-11-12-25(36)27(35)26(21)23/h6,8,10-12,18,20,22H,7,9,13-17,19H2,1-5H3/t22-/m0/s1. The third-order valence-electron chi connectivity index (χ3n) is 8.56. The van der Waals surface area contributed by atoms with Crippen LogP contribution in [0.1, 0.15) is 47.5 Å². The lowest BCUT2D eigenvalue weighted by molar-refractivity contribution is 0.0240. The van der Waals surface area contributed by atoms with Crippen molar-refractivity contribution in [1.29, 1.82) is 0 Å². The fraction of sp³-hybridized carbons (Fsp3) is 0.471. The number of hydrogen-bond acceptors (Lipinski definition) is 8. The van der Waals surface area contributed by atoms with Crippen molar-refractivity contribution >= 4 is 45.2 Å². The van der Waals surface area contributed by atoms with Gasteiger partial charge in [0, 0.05) is 55.4 Å². The fourth-order valence-corrected chi connectivity index (χ4v) is 6.61. The first-order chi connectivity index (χ1) is 21.9. The zero-order valence-corrected chi connectivity index (χ0v) is 27.6. The predicted molar refractivity (Wildman–Crippen MR) is 176 cm³/mol. The second kappa shape index (κ2) is 12.8. The van der Waals surface area contributed by atoms with Crippen LogP contribution in [-0.2, 0) is 4.74 Å². The normalized spacial score (nSPS) is 17.8. The third-order valence-corrected chi connectivity index (χ3v) is 8.92. The molecule has 0 spiro atoms. The number of carbonyl (C=O) groups is 1. The van der Waals surface area contributed by atoms with Crippen LogP contribution in [0.15, 0.2) is 36.5 Å². The van der Waals surface area contributed by atoms with E-state index in [-0.39, 0.29) is 34.4 Å². The highest BCUT2D eigenvalue weighted by Crippen LogP contribution is 2.38. The van der Waals surface area contributed by atoms with Gasteiger partial charge in [-0.25, -0.2) is 13.6 Å². The van der Waals surface area contributed by atoms with E-state index in [0.29, 0.717) is 66.4 Å². The van der Waals surface area contributed by atoms with Gasteiger partial charge in [0.15, 0.2) is 5.82 Å². The van der Waals surface area contributed by atoms with Gasteiger partial charge in [0.2, 0.25) is 0 Å². The summed E-state index contributed by atoms with van der Waals surface area (Å²) in [5.74, 6) is -0.817. The van der Waals surface area contributed by atoms with Gasteiger partial charge >= 0.3 is 12.1 Å². The Morgan fingerprint density at radius 1 is 1.07 bits per heavy atom. The topological polar surface area (TPSA) is 83.9 Å². The molecule has 0 aliphatic carbocycles. The third kappa shape index (κ3) is 6.40. The van der Waals surface area contributed by atoms with Gasteiger partial charge in [-0.3, -0.25) is 9.88 Å². The number of carbonyl (C=O) groups excluding carboxylic acids is 1. The van der Waals surface area contributed by atoms with Crippen LogP contribution in [0.25, 0.3) is 32.9 Å². The van der Waals surface area contributed by atoms with Crippen molar-refractivity contribution in [3.63, 3.8) is 0 Å². The Morgan fingerprint density at radius 3 is 2.54 bits per heavy atom. The number of ether oxygens (including phenoxy) is 2. The number of pyridine rings is 1. The first-order valence-corrected chi connectivity index (χ1v) is 16.1. The Balaban J connectivity index is 1.39. The summed E-state index contributed by atoms with van der Waals surface area (Å²) in [5, 5.41) is 1.33. The van der Waals surface area contributed by atoms with E-state index in [1.807, 2.05) is 25.7 Å². The maximum Gasteiger partial charge on any atom is 0.410 e. The molecule has 2 saturated heterocycles. The van der Waals surface area contributed by atoms with Gasteiger partial charge in [-0.1, -0.05) is 35.9 Å². The fourth-order valence-electron chi connectivity index (χ4n) is 6.34. The van der Waals surface area contributed by atoms with Crippen LogP contribution in [0.5, 0.6) is 6.01 Å². The van der Waals surface area contributed by atoms with Crippen molar-refractivity contribution in [3.05, 3.63) is 53.2 Å². The summed E-state index contributed by atoms with van der Waals surface area (Å²) in [6.07, 6.45) is 3.23. The number of aromatic nitrogens is 3. The van der Waals surface area contributed by atoms with E-state index in [1.54, 1.807) is 29.2 Å². The van der Waals surface area contributed by atoms with Gasteiger partial charge in [0.1, 0.15) is 35.1 Å². The Bertz CT molecular complexity index is 1770. The Labute approximate surface area is 272 Å². The van der Waals surface area contributed by atoms with E-state index < -0.39 is 17.2 Å². The van der Waals surface area contributed by atoms with Crippen molar-refractivity contribution < 1.29 is 23.0 Å². The van der Waals surface area contributed by atoms with Gasteiger partial charge in [0.05, 0.1) is 10.4 Å². The van der Waals surface area contributed by atoms with Crippen LogP contribution < -0.4 is 9.64 Å². The lowest BCUT2D eigenvalue weighted by Crippen LogP contribution is -2.50. The van der Waals surface area contributed by atoms with E-state index in [9.17, 15) is 9.18 Å². The number of benzene rings is 2. The summed E-state index contributed by atoms with van der Waals surface area (Å²) in [4.78, 5) is 32.6. The molecule has 4 aromatic rings. The van der Waals surface area contributed by atoms with Crippen LogP contribution in [0.2, 0.25) is 5.02 Å². The van der Waals surface area contributed by atoms with E-state index in [0.717, 1.165) is 19.4 Å². The van der Waals surface area contributed by atoms with Crippen molar-refractivity contribution in [1.82, 2.24) is 24.8 Å². The summed E-state index contributed by atoms with van der Waals surface area (Å²) in [5.41, 5.74) is -0.211. The molecule has 0 unspecified atom stereocenters. The largest absolute Gasteiger partial charge is 0.462 e. The zero-order chi connectivity index (χ0) is 32.7. The molecular weight excluding hydrogens is 614 g/mol. The van der Waals surface area contributed by atoms with Crippen LogP contribution in [0, 0.1) is 11.6 Å². The number of halogens is 3. The van der Waals surface area contributed by atoms with Gasteiger partial charge < -0.3 is 19.3 Å². The molecule has 6 rings (SSSR count). The van der Waals surface area contributed by atoms with Crippen LogP contribution in [0.3, 0.4) is 0 Å². The SMILES string of the molecule is CC(C)N1CCC[C@H]1COc1nc(N2CCN(C(=O)OC(C)(C)C)CC2)c2cnc(-c3cccc4ccc(F)c(Cl)c34)c(F)c2n1. The number of fused-ring (bicyclic) bond motifs is 2. The molecule has 2 aromatic carbocycles. The molecule has 244 valence electrons. The van der Waals surface area contributed by atoms with Crippen molar-refractivity contribution in [2.24, 2.45) is 0 Å². The number of anilines is 1. The molecule has 2 fully saturated rings. The molecule has 0 saturated carbocycles. The molecule has 1 amide bonds. The van der Waals surface area contributed by atoms with E-state index in [2.05, 4.69) is 28.7 Å². The number of hydrogen-bond donors (Lipinski definition) is 0. The van der Waals surface area contributed by atoms with Gasteiger partial charge in [0.25, 0.3) is 0 Å². The molecule has 2 aromatic heterocycles. The molecule has 4 heterocycles. The highest BCUT2D eigenvalue weighted by molar-refractivity contribution is 6.36. The first kappa shape index (κ1) is 32.1. The number of rotatable bonds is 6. The maximum atomic E-state index is 16.6. The number of nitrogens with zero attached hydrogens (tertiary/aromatic N) is 6. The molecule has 46 heavy (non-hydrogen) atoms. The van der Waals surface area contributed by atoms with Crippen molar-refractivity contribution in [2.45, 2.75) is 65.1 Å². The summed E-state index contributed by atoms with van der Waals surface area (Å²) in [7, 11) is 0. The Hall–Kier alpha value is -3.83. The van der Waals surface area contributed by atoms with E-state index >= 15 is 4.39 Å². The smallest absolute Gasteiger partial charge is 0.410 e. The van der Waals surface area contributed by atoms with Gasteiger partial charge in [-0.05, 0) is 65.5 Å². The average molecular weight is 653 g/mol. The van der Waals surface area contributed by atoms with E-state index in [1.165, 1.54) is 12.3 Å². The monoisotopic (exact) mass is 652 g/mol. The van der Waals surface area contributed by atoms with Gasteiger partial charge in [-0.15, -0.1) is 0 Å². The number of amides is 1. The summed E-state index contributed by atoms with van der Waals surface area (Å²) in [6, 6.07) is 8.73. The molecule has 0 radical (unpaired) electrons. The van der Waals surface area contributed by atoms with Crippen molar-refractivity contribution in [3.8, 4) is 17.3 Å². The number of piperazine rings is 1. The highest BCUT2D eigenvalue weighted by Gasteiger charge is 2.30. The zero-order valence-electron chi connectivity index (χ0n) is 26.8. The summed E-state index contributed by atoms with van der Waals surface area (Å²) in [6.45, 7) is 12.9. The highest BCUT2D eigenvalue weighted by atomic mass is 35.5. The van der Waals surface area contributed by atoms with Crippen LogP contribution in [-0.4, -0.2) is 87.9 Å². The minimum absolute atomic E-state index is 0.00211. The molecule has 2 aliphatic rings. The molecule has 12 heteroatoms. The van der Waals surface area contributed by atoms with Crippen molar-refractivity contribution in [2.75, 3.05) is 44.2 Å². The maximum absolute atomic E-state index is 16.6. The quantitative estimate of drug-likeness (QED) is 0.218. The molecule has 0 bridgehead atoms. The lowest BCUT2D eigenvalue weighted by atomic mass is 10.0. The summed E-state index contributed by atoms with van der Waals surface area (Å²) >= 11 is 6.39. The summed E-state index contributed by atoms with van der Waals surface area (Å²) < 4.78 is 42.9. The van der Waals surface area contributed by atoms with Gasteiger partial charge in [-0.2, -0.15) is 9.97 Å². The predicted octanol–water partition coefficient (Wildman–Crippen LogP) is 7.09. The molecule has 9 nitrogen and oxygen atoms in total. The van der Waals surface area contributed by atoms with E-state index in [4.69, 9.17) is 26.1 Å². The first-order valence-electron chi connectivity index (χ1n) is 15.8. The Kier molecular flexibility index (Phi) is 8.91. The van der Waals surface area contributed by atoms with Crippen LogP contribution >= 0.6 is 11.6 Å². The molecule has 2 aliphatic heterocycles. The molecule has 1 atom stereocenters. The average Bonchev–Trinajstić information content (AvgIpc) is 3.50. The molecule has 0 N–H and O–H groups in total. The minimum Gasteiger partial charge on any atom is -0.462 e. The molecular formula is C34H39ClF2N6O3. The minimum atomic E-state index is -0.684. The lowest BCUT2D eigenvalue weighted by Gasteiger charge is -2.36.